The van der Waals surface area contributed by atoms with Crippen molar-refractivity contribution >= 4 is 28.3 Å². The van der Waals surface area contributed by atoms with E-state index in [2.05, 4.69) is 15.5 Å². The zero-order valence-electron chi connectivity index (χ0n) is 18.6. The molecule has 0 fully saturated rings. The molecule has 172 valence electrons. The van der Waals surface area contributed by atoms with E-state index in [0.717, 1.165) is 28.3 Å². The maximum Gasteiger partial charge on any atom is 0.279 e. The van der Waals surface area contributed by atoms with Gasteiger partial charge in [-0.1, -0.05) is 28.6 Å². The summed E-state index contributed by atoms with van der Waals surface area (Å²) in [5, 5.41) is 6.95. The van der Waals surface area contributed by atoms with Gasteiger partial charge in [0.1, 0.15) is 11.4 Å². The second-order valence-electron chi connectivity index (χ2n) is 8.80. The number of carbonyl (C=O) groups is 2. The first-order chi connectivity index (χ1) is 15.8. The van der Waals surface area contributed by atoms with E-state index in [1.807, 2.05) is 32.0 Å². The Morgan fingerprint density at radius 3 is 2.97 bits per heavy atom. The van der Waals surface area contributed by atoms with Gasteiger partial charge in [-0.15, -0.1) is 0 Å². The smallest absolute Gasteiger partial charge is 0.279 e. The predicted octanol–water partition coefficient (Wildman–Crippen LogP) is 3.37. The highest BCUT2D eigenvalue weighted by Crippen LogP contribution is 2.41. The zero-order chi connectivity index (χ0) is 23.2. The number of hydrogen-bond acceptors (Lipinski definition) is 8. The van der Waals surface area contributed by atoms with Crippen LogP contribution >= 0.6 is 11.3 Å². The molecule has 33 heavy (non-hydrogen) atoms. The number of carbonyl (C=O) groups excluding carboxylic acids is 2. The maximum atomic E-state index is 12.8. The van der Waals surface area contributed by atoms with Crippen LogP contribution in [0.1, 0.15) is 46.2 Å². The second kappa shape index (κ2) is 8.18. The fourth-order valence-corrected chi connectivity index (χ4v) is 5.05. The molecule has 0 aliphatic carbocycles. The molecule has 0 saturated carbocycles. The van der Waals surface area contributed by atoms with Gasteiger partial charge in [-0.05, 0) is 26.8 Å². The summed E-state index contributed by atoms with van der Waals surface area (Å²) in [6.07, 6.45) is 1.43. The van der Waals surface area contributed by atoms with Crippen molar-refractivity contribution in [2.45, 2.75) is 45.8 Å². The molecule has 2 aromatic heterocycles. The minimum absolute atomic E-state index is 0.0660. The number of fused-ring (bicyclic) bond motifs is 2. The number of nitrogens with one attached hydrogen (secondary N) is 1. The highest BCUT2D eigenvalue weighted by atomic mass is 32.1. The fourth-order valence-electron chi connectivity index (χ4n) is 4.03. The summed E-state index contributed by atoms with van der Waals surface area (Å²) in [5.41, 5.74) is 1.91. The van der Waals surface area contributed by atoms with E-state index < -0.39 is 0 Å². The molecule has 2 amide bonds. The minimum atomic E-state index is -0.375. The van der Waals surface area contributed by atoms with Gasteiger partial charge < -0.3 is 18.9 Å². The quantitative estimate of drug-likeness (QED) is 0.612. The van der Waals surface area contributed by atoms with E-state index in [1.165, 1.54) is 11.3 Å². The summed E-state index contributed by atoms with van der Waals surface area (Å²) in [6, 6.07) is 7.34. The maximum absolute atomic E-state index is 12.8. The molecule has 2 aliphatic heterocycles. The van der Waals surface area contributed by atoms with Crippen molar-refractivity contribution in [3.63, 3.8) is 0 Å². The molecule has 0 atom stereocenters. The van der Waals surface area contributed by atoms with Crippen LogP contribution in [-0.2, 0) is 24.2 Å². The monoisotopic (exact) mass is 468 g/mol. The van der Waals surface area contributed by atoms with Crippen LogP contribution in [0, 0.1) is 6.92 Å². The predicted molar refractivity (Wildman–Crippen MR) is 121 cm³/mol. The number of benzene rings is 1. The van der Waals surface area contributed by atoms with Crippen LogP contribution in [0.15, 0.2) is 28.8 Å². The Morgan fingerprint density at radius 2 is 2.18 bits per heavy atom. The van der Waals surface area contributed by atoms with Gasteiger partial charge in [0.25, 0.3) is 11.8 Å². The van der Waals surface area contributed by atoms with Crippen LogP contribution in [0.5, 0.6) is 11.5 Å². The highest BCUT2D eigenvalue weighted by molar-refractivity contribution is 7.15. The Balaban J connectivity index is 1.20. The molecule has 3 aromatic rings. The molecule has 0 radical (unpaired) electrons. The lowest BCUT2D eigenvalue weighted by Crippen LogP contribution is -2.38. The Hall–Kier alpha value is -3.40. The Morgan fingerprint density at radius 1 is 1.33 bits per heavy atom. The number of rotatable bonds is 5. The molecule has 1 N–H and O–H groups in total. The van der Waals surface area contributed by atoms with Crippen molar-refractivity contribution in [2.75, 3.05) is 18.5 Å². The highest BCUT2D eigenvalue weighted by Gasteiger charge is 2.33. The molecule has 5 rings (SSSR count). The topological polar surface area (TPSA) is 107 Å². The van der Waals surface area contributed by atoms with Gasteiger partial charge in [-0.25, -0.2) is 4.98 Å². The number of amides is 2. The van der Waals surface area contributed by atoms with E-state index in [9.17, 15) is 9.59 Å². The Labute approximate surface area is 194 Å². The third kappa shape index (κ3) is 4.43. The third-order valence-corrected chi connectivity index (χ3v) is 6.57. The number of ether oxygens (including phenoxy) is 2. The first kappa shape index (κ1) is 21.4. The molecule has 2 aliphatic rings. The van der Waals surface area contributed by atoms with E-state index in [1.54, 1.807) is 17.9 Å². The van der Waals surface area contributed by atoms with Gasteiger partial charge in [0.05, 0.1) is 12.2 Å². The van der Waals surface area contributed by atoms with E-state index >= 15 is 0 Å². The first-order valence-corrected chi connectivity index (χ1v) is 11.5. The molecule has 0 saturated heterocycles. The number of thiazole rings is 1. The molecule has 9 nitrogen and oxygen atoms in total. The third-order valence-electron chi connectivity index (χ3n) is 5.57. The van der Waals surface area contributed by atoms with Crippen LogP contribution in [-0.4, -0.2) is 45.6 Å². The number of aryl methyl sites for hydroxylation is 1. The van der Waals surface area contributed by atoms with Gasteiger partial charge >= 0.3 is 0 Å². The van der Waals surface area contributed by atoms with Gasteiger partial charge in [0, 0.05) is 35.9 Å². The average Bonchev–Trinajstić information content (AvgIpc) is 3.46. The van der Waals surface area contributed by atoms with Crippen molar-refractivity contribution in [1.82, 2.24) is 15.0 Å². The molecular formula is C23H24N4O5S. The molecule has 10 heteroatoms. The molecule has 0 spiro atoms. The molecule has 0 unspecified atom stereocenters. The van der Waals surface area contributed by atoms with Gasteiger partial charge in [0.15, 0.2) is 28.9 Å². The fraction of sp³-hybridized carbons (Fsp3) is 0.391. The van der Waals surface area contributed by atoms with Crippen LogP contribution in [0.3, 0.4) is 0 Å². The lowest BCUT2D eigenvalue weighted by atomic mass is 10.0. The van der Waals surface area contributed by atoms with E-state index in [0.29, 0.717) is 36.2 Å². The second-order valence-corrected chi connectivity index (χ2v) is 9.89. The largest absolute Gasteiger partial charge is 0.483 e. The molecule has 0 bridgehead atoms. The Kier molecular flexibility index (Phi) is 5.32. The van der Waals surface area contributed by atoms with Crippen molar-refractivity contribution in [3.8, 4) is 11.5 Å². The van der Waals surface area contributed by atoms with Gasteiger partial charge in [-0.2, -0.15) is 0 Å². The lowest BCUT2D eigenvalue weighted by molar-refractivity contribution is -0.134. The summed E-state index contributed by atoms with van der Waals surface area (Å²) in [5.74, 6) is 1.40. The van der Waals surface area contributed by atoms with Crippen molar-refractivity contribution in [3.05, 3.63) is 51.9 Å². The molecular weight excluding hydrogens is 444 g/mol. The van der Waals surface area contributed by atoms with Gasteiger partial charge in [0.2, 0.25) is 0 Å². The van der Waals surface area contributed by atoms with Crippen molar-refractivity contribution in [1.29, 1.82) is 0 Å². The zero-order valence-corrected chi connectivity index (χ0v) is 19.5. The first-order valence-electron chi connectivity index (χ1n) is 10.7. The summed E-state index contributed by atoms with van der Waals surface area (Å²) >= 11 is 1.36. The van der Waals surface area contributed by atoms with Crippen LogP contribution in [0.25, 0.3) is 0 Å². The van der Waals surface area contributed by atoms with E-state index in [4.69, 9.17) is 14.0 Å². The van der Waals surface area contributed by atoms with E-state index in [-0.39, 0.29) is 29.7 Å². The van der Waals surface area contributed by atoms with Gasteiger partial charge in [-0.3, -0.25) is 14.9 Å². The van der Waals surface area contributed by atoms with Crippen molar-refractivity contribution in [2.24, 2.45) is 0 Å². The number of aromatic nitrogens is 2. The summed E-state index contributed by atoms with van der Waals surface area (Å²) in [4.78, 5) is 32.3. The molecule has 1 aromatic carbocycles. The summed E-state index contributed by atoms with van der Waals surface area (Å²) in [6.45, 7) is 6.71. The van der Waals surface area contributed by atoms with Crippen LogP contribution in [0.4, 0.5) is 5.13 Å². The van der Waals surface area contributed by atoms with Crippen LogP contribution < -0.4 is 14.8 Å². The average molecular weight is 469 g/mol. The summed E-state index contributed by atoms with van der Waals surface area (Å²) < 4.78 is 16.8. The van der Waals surface area contributed by atoms with Crippen LogP contribution in [0.2, 0.25) is 0 Å². The molecule has 4 heterocycles. The number of nitrogens with zero attached hydrogens (tertiary/aromatic N) is 3. The number of hydrogen-bond donors (Lipinski definition) is 1. The number of anilines is 1. The van der Waals surface area contributed by atoms with Crippen molar-refractivity contribution < 1.29 is 23.6 Å². The normalized spacial score (nSPS) is 16.0. The SMILES string of the molecule is Cc1cc(C(=O)Nc2nc3c(s2)CN(C(=O)COc2cccc4c2OC(C)(C)C4)CC3)no1. The number of para-hydroxylation sites is 1. The standard InChI is InChI=1S/C23H24N4O5S/c1-13-9-16(26-32-13)21(29)25-22-24-15-7-8-27(11-18(15)33-22)19(28)12-30-17-6-4-5-14-10-23(2,3)31-20(14)17/h4-6,9H,7-8,10-12H2,1-3H3,(H,24,25,29). The Bertz CT molecular complexity index is 1230. The lowest BCUT2D eigenvalue weighted by Gasteiger charge is -2.26. The minimum Gasteiger partial charge on any atom is -0.483 e. The summed E-state index contributed by atoms with van der Waals surface area (Å²) in [7, 11) is 0.